The summed E-state index contributed by atoms with van der Waals surface area (Å²) in [7, 11) is -1.59. The second-order valence-corrected chi connectivity index (χ2v) is 9.25. The largest absolute Gasteiger partial charge is 0.338 e. The molecule has 0 aromatic heterocycles. The summed E-state index contributed by atoms with van der Waals surface area (Å²) in [6.45, 7) is 3.49. The molecule has 2 saturated heterocycles. The fourth-order valence-corrected chi connectivity index (χ4v) is 5.49. The monoisotopic (exact) mass is 379 g/mol. The van der Waals surface area contributed by atoms with Gasteiger partial charge in [0.2, 0.25) is 10.0 Å². The topological polar surface area (TPSA) is 69.7 Å². The zero-order valence-corrected chi connectivity index (χ0v) is 16.3. The van der Waals surface area contributed by atoms with Crippen LogP contribution in [-0.4, -0.2) is 63.3 Å². The lowest BCUT2D eigenvalue weighted by atomic mass is 9.97. The van der Waals surface area contributed by atoms with Crippen molar-refractivity contribution in [3.8, 4) is 0 Å². The molecule has 0 spiro atoms. The van der Waals surface area contributed by atoms with Gasteiger partial charge in [-0.25, -0.2) is 8.42 Å². The quantitative estimate of drug-likeness (QED) is 0.849. The molecule has 0 bridgehead atoms. The van der Waals surface area contributed by atoms with Crippen molar-refractivity contribution in [3.05, 3.63) is 29.8 Å². The van der Waals surface area contributed by atoms with E-state index >= 15 is 0 Å². The van der Waals surface area contributed by atoms with E-state index in [4.69, 9.17) is 0 Å². The van der Waals surface area contributed by atoms with E-state index in [0.29, 0.717) is 24.6 Å². The molecule has 1 unspecified atom stereocenters. The summed E-state index contributed by atoms with van der Waals surface area (Å²) < 4.78 is 27.3. The van der Waals surface area contributed by atoms with Crippen LogP contribution < -0.4 is 5.32 Å². The number of amides is 1. The molecule has 2 heterocycles. The van der Waals surface area contributed by atoms with Crippen LogP contribution in [0.2, 0.25) is 0 Å². The molecule has 6 nitrogen and oxygen atoms in total. The predicted octanol–water partition coefficient (Wildman–Crippen LogP) is 1.93. The smallest absolute Gasteiger partial charge is 0.253 e. The molecule has 3 rings (SSSR count). The van der Waals surface area contributed by atoms with Gasteiger partial charge < -0.3 is 10.2 Å². The van der Waals surface area contributed by atoms with Crippen molar-refractivity contribution < 1.29 is 13.2 Å². The van der Waals surface area contributed by atoms with Crippen molar-refractivity contribution in [2.75, 3.05) is 39.8 Å². The normalized spacial score (nSPS) is 22.3. The molecule has 2 aliphatic heterocycles. The second kappa shape index (κ2) is 8.50. The highest BCUT2D eigenvalue weighted by molar-refractivity contribution is 7.89. The summed E-state index contributed by atoms with van der Waals surface area (Å²) in [5, 5.41) is 3.18. The Morgan fingerprint density at radius 2 is 1.92 bits per heavy atom. The molecule has 2 aliphatic rings. The molecule has 1 atom stereocenters. The maximum Gasteiger partial charge on any atom is 0.253 e. The maximum atomic E-state index is 12.9. The van der Waals surface area contributed by atoms with E-state index < -0.39 is 10.0 Å². The molecular weight excluding hydrogens is 350 g/mol. The fourth-order valence-electron chi connectivity index (χ4n) is 3.93. The van der Waals surface area contributed by atoms with E-state index in [0.717, 1.165) is 51.7 Å². The number of rotatable bonds is 5. The van der Waals surface area contributed by atoms with Gasteiger partial charge in [0, 0.05) is 31.7 Å². The van der Waals surface area contributed by atoms with Crippen molar-refractivity contribution in [2.45, 2.75) is 37.0 Å². The minimum absolute atomic E-state index is 0.0681. The van der Waals surface area contributed by atoms with Crippen LogP contribution in [0, 0.1) is 5.92 Å². The van der Waals surface area contributed by atoms with Crippen LogP contribution in [0.25, 0.3) is 0 Å². The number of carbonyl (C=O) groups is 1. The summed E-state index contributed by atoms with van der Waals surface area (Å²) in [4.78, 5) is 15.0. The van der Waals surface area contributed by atoms with Crippen LogP contribution in [-0.2, 0) is 10.0 Å². The number of nitrogens with zero attached hydrogens (tertiary/aromatic N) is 2. The third-order valence-corrected chi connectivity index (χ3v) is 7.23. The molecule has 0 saturated carbocycles. The van der Waals surface area contributed by atoms with Crippen LogP contribution in [0.15, 0.2) is 29.2 Å². The first-order chi connectivity index (χ1) is 12.5. The van der Waals surface area contributed by atoms with Crippen molar-refractivity contribution >= 4 is 15.9 Å². The molecule has 2 fully saturated rings. The summed E-state index contributed by atoms with van der Waals surface area (Å²) in [5.41, 5.74) is 0.466. The average Bonchev–Trinajstić information content (AvgIpc) is 2.69. The predicted molar refractivity (Wildman–Crippen MR) is 102 cm³/mol. The highest BCUT2D eigenvalue weighted by Gasteiger charge is 2.28. The van der Waals surface area contributed by atoms with Crippen LogP contribution in [0.3, 0.4) is 0 Å². The van der Waals surface area contributed by atoms with Crippen molar-refractivity contribution in [3.63, 3.8) is 0 Å². The molecule has 1 aromatic rings. The van der Waals surface area contributed by atoms with Gasteiger partial charge in [-0.05, 0) is 63.4 Å². The fraction of sp³-hybridized carbons (Fsp3) is 0.632. The maximum absolute atomic E-state index is 12.9. The zero-order valence-electron chi connectivity index (χ0n) is 15.5. The van der Waals surface area contributed by atoms with E-state index in [1.165, 1.54) is 0 Å². The van der Waals surface area contributed by atoms with Gasteiger partial charge in [0.25, 0.3) is 5.91 Å². The number of benzene rings is 1. The molecule has 1 N–H and O–H groups in total. The standard InChI is InChI=1S/C19H29N3O3S/c1-20-14-16-7-6-10-21(15-16)19(23)17-8-5-9-18(13-17)26(24,25)22-11-3-2-4-12-22/h5,8-9,13,16,20H,2-4,6-7,10-12,14-15H2,1H3. The lowest BCUT2D eigenvalue weighted by Gasteiger charge is -2.33. The number of likely N-dealkylation sites (tertiary alicyclic amines) is 1. The third-order valence-electron chi connectivity index (χ3n) is 5.33. The first kappa shape index (κ1) is 19.3. The van der Waals surface area contributed by atoms with Gasteiger partial charge in [0.15, 0.2) is 0 Å². The lowest BCUT2D eigenvalue weighted by Crippen LogP contribution is -2.42. The highest BCUT2D eigenvalue weighted by atomic mass is 32.2. The Balaban J connectivity index is 1.77. The molecule has 0 aliphatic carbocycles. The van der Waals surface area contributed by atoms with Crippen molar-refractivity contribution in [1.29, 1.82) is 0 Å². The number of carbonyl (C=O) groups excluding carboxylic acids is 1. The second-order valence-electron chi connectivity index (χ2n) is 7.31. The Morgan fingerprint density at radius 3 is 2.65 bits per heavy atom. The molecule has 26 heavy (non-hydrogen) atoms. The van der Waals surface area contributed by atoms with E-state index in [1.54, 1.807) is 28.6 Å². The van der Waals surface area contributed by atoms with Crippen LogP contribution in [0.4, 0.5) is 0 Å². The number of nitrogens with one attached hydrogen (secondary N) is 1. The molecule has 1 amide bonds. The Bertz CT molecular complexity index is 727. The average molecular weight is 380 g/mol. The van der Waals surface area contributed by atoms with Crippen molar-refractivity contribution in [1.82, 2.24) is 14.5 Å². The Labute approximate surface area is 156 Å². The van der Waals surface area contributed by atoms with Gasteiger partial charge >= 0.3 is 0 Å². The zero-order chi connectivity index (χ0) is 18.6. The minimum atomic E-state index is -3.52. The van der Waals surface area contributed by atoms with Gasteiger partial charge in [-0.2, -0.15) is 4.31 Å². The van der Waals surface area contributed by atoms with Gasteiger partial charge in [-0.15, -0.1) is 0 Å². The van der Waals surface area contributed by atoms with E-state index in [2.05, 4.69) is 5.32 Å². The summed E-state index contributed by atoms with van der Waals surface area (Å²) in [6.07, 6.45) is 4.99. The lowest BCUT2D eigenvalue weighted by molar-refractivity contribution is 0.0674. The number of piperidine rings is 2. The summed E-state index contributed by atoms with van der Waals surface area (Å²) >= 11 is 0. The number of hydrogen-bond donors (Lipinski definition) is 1. The van der Waals surface area contributed by atoms with E-state index in [1.807, 2.05) is 11.9 Å². The van der Waals surface area contributed by atoms with Gasteiger partial charge in [-0.1, -0.05) is 12.5 Å². The Hall–Kier alpha value is -1.44. The molecule has 144 valence electrons. The van der Waals surface area contributed by atoms with Gasteiger partial charge in [-0.3, -0.25) is 4.79 Å². The minimum Gasteiger partial charge on any atom is -0.338 e. The van der Waals surface area contributed by atoms with Crippen LogP contribution >= 0.6 is 0 Å². The SMILES string of the molecule is CNCC1CCCN(C(=O)c2cccc(S(=O)(=O)N3CCCCC3)c2)C1. The molecule has 7 heteroatoms. The number of sulfonamides is 1. The molecule has 1 aromatic carbocycles. The Kier molecular flexibility index (Phi) is 6.32. The van der Waals surface area contributed by atoms with Gasteiger partial charge in [0.05, 0.1) is 4.90 Å². The number of hydrogen-bond acceptors (Lipinski definition) is 4. The summed E-state index contributed by atoms with van der Waals surface area (Å²) in [6, 6.07) is 6.55. The highest BCUT2D eigenvalue weighted by Crippen LogP contribution is 2.23. The van der Waals surface area contributed by atoms with E-state index in [-0.39, 0.29) is 10.8 Å². The molecular formula is C19H29N3O3S. The van der Waals surface area contributed by atoms with E-state index in [9.17, 15) is 13.2 Å². The summed E-state index contributed by atoms with van der Waals surface area (Å²) in [5.74, 6) is 0.388. The van der Waals surface area contributed by atoms with Gasteiger partial charge in [0.1, 0.15) is 0 Å². The first-order valence-electron chi connectivity index (χ1n) is 9.56. The van der Waals surface area contributed by atoms with Crippen LogP contribution in [0.5, 0.6) is 0 Å². The van der Waals surface area contributed by atoms with Crippen LogP contribution in [0.1, 0.15) is 42.5 Å². The third kappa shape index (κ3) is 4.27. The van der Waals surface area contributed by atoms with Crippen molar-refractivity contribution in [2.24, 2.45) is 5.92 Å². The molecule has 0 radical (unpaired) electrons. The first-order valence-corrected chi connectivity index (χ1v) is 11.0. The Morgan fingerprint density at radius 1 is 1.15 bits per heavy atom.